The zero-order chi connectivity index (χ0) is 11.3. The normalized spacial score (nSPS) is 12.0. The molecule has 0 aromatic carbocycles. The number of hydrogen-bond donors (Lipinski definition) is 2. The van der Waals surface area contributed by atoms with Crippen molar-refractivity contribution in [3.05, 3.63) is 18.5 Å². The van der Waals surface area contributed by atoms with Crippen LogP contribution < -0.4 is 11.1 Å². The van der Waals surface area contributed by atoms with Gasteiger partial charge in [0.05, 0.1) is 12.6 Å². The molecule has 0 aliphatic carbocycles. The third kappa shape index (κ3) is 4.63. The second-order valence-electron chi connectivity index (χ2n) is 3.83. The molecule has 0 aliphatic heterocycles. The molecule has 6 heteroatoms. The molecule has 5 nitrogen and oxygen atoms in total. The number of carbonyl (C=O) groups is 1. The summed E-state index contributed by atoms with van der Waals surface area (Å²) < 4.78 is 1.77. The Hall–Kier alpha value is -1.07. The number of halogens is 1. The maximum absolute atomic E-state index is 11.4. The molecule has 0 saturated heterocycles. The highest BCUT2D eigenvalue weighted by molar-refractivity contribution is 5.85. The van der Waals surface area contributed by atoms with Gasteiger partial charge in [0.15, 0.2) is 0 Å². The molecule has 92 valence electrons. The first kappa shape index (κ1) is 14.9. The Morgan fingerprint density at radius 2 is 2.25 bits per heavy atom. The summed E-state index contributed by atoms with van der Waals surface area (Å²) in [5, 5.41) is 6.80. The molecule has 3 N–H and O–H groups in total. The van der Waals surface area contributed by atoms with Crippen molar-refractivity contribution in [2.75, 3.05) is 6.54 Å². The Labute approximate surface area is 102 Å². The van der Waals surface area contributed by atoms with Crippen LogP contribution in [0.1, 0.15) is 13.8 Å². The summed E-state index contributed by atoms with van der Waals surface area (Å²) >= 11 is 0. The minimum absolute atomic E-state index is 0. The lowest BCUT2D eigenvalue weighted by molar-refractivity contribution is -0.123. The Bertz CT molecular complexity index is 300. The molecule has 1 heterocycles. The van der Waals surface area contributed by atoms with E-state index in [0.29, 0.717) is 13.1 Å². The molecule has 1 aromatic heterocycles. The number of hydrogen-bond acceptors (Lipinski definition) is 3. The Balaban J connectivity index is 0.00000225. The van der Waals surface area contributed by atoms with Crippen molar-refractivity contribution in [2.24, 2.45) is 11.7 Å². The molecule has 1 amide bonds. The molecule has 0 bridgehead atoms. The summed E-state index contributed by atoms with van der Waals surface area (Å²) in [6.45, 7) is 5.08. The van der Waals surface area contributed by atoms with Gasteiger partial charge in [-0.1, -0.05) is 13.8 Å². The second kappa shape index (κ2) is 7.24. The van der Waals surface area contributed by atoms with Crippen LogP contribution in [-0.4, -0.2) is 28.3 Å². The molecule has 0 aliphatic rings. The van der Waals surface area contributed by atoms with E-state index in [1.165, 1.54) is 0 Å². The quantitative estimate of drug-likeness (QED) is 0.790. The number of aromatic nitrogens is 2. The average molecular weight is 247 g/mol. The lowest BCUT2D eigenvalue weighted by Crippen LogP contribution is -2.44. The maximum Gasteiger partial charge on any atom is 0.237 e. The Morgan fingerprint density at radius 3 is 2.75 bits per heavy atom. The van der Waals surface area contributed by atoms with Gasteiger partial charge < -0.3 is 11.1 Å². The Morgan fingerprint density at radius 1 is 1.56 bits per heavy atom. The lowest BCUT2D eigenvalue weighted by Gasteiger charge is -2.15. The SMILES string of the molecule is CC(C)[C@@H](N)C(=O)NCCn1cccn1.Cl. The third-order valence-electron chi connectivity index (χ3n) is 2.22. The molecule has 0 radical (unpaired) electrons. The van der Waals surface area contributed by atoms with E-state index in [2.05, 4.69) is 10.4 Å². The van der Waals surface area contributed by atoms with E-state index in [0.717, 1.165) is 0 Å². The molecule has 0 saturated carbocycles. The predicted molar refractivity (Wildman–Crippen MR) is 65.3 cm³/mol. The van der Waals surface area contributed by atoms with Gasteiger partial charge in [0, 0.05) is 18.9 Å². The van der Waals surface area contributed by atoms with E-state index >= 15 is 0 Å². The first-order chi connectivity index (χ1) is 7.11. The van der Waals surface area contributed by atoms with Gasteiger partial charge in [0.1, 0.15) is 0 Å². The van der Waals surface area contributed by atoms with Crippen LogP contribution in [0, 0.1) is 5.92 Å². The van der Waals surface area contributed by atoms with Gasteiger partial charge in [0.25, 0.3) is 0 Å². The number of nitrogens with one attached hydrogen (secondary N) is 1. The molecule has 1 aromatic rings. The van der Waals surface area contributed by atoms with Crippen LogP contribution in [0.25, 0.3) is 0 Å². The van der Waals surface area contributed by atoms with Crippen molar-refractivity contribution in [1.82, 2.24) is 15.1 Å². The van der Waals surface area contributed by atoms with Crippen molar-refractivity contribution in [3.8, 4) is 0 Å². The first-order valence-electron chi connectivity index (χ1n) is 5.12. The molecule has 1 atom stereocenters. The van der Waals surface area contributed by atoms with Crippen LogP contribution in [0.15, 0.2) is 18.5 Å². The third-order valence-corrected chi connectivity index (χ3v) is 2.22. The number of carbonyl (C=O) groups excluding carboxylic acids is 1. The highest BCUT2D eigenvalue weighted by Gasteiger charge is 2.15. The summed E-state index contributed by atoms with van der Waals surface area (Å²) in [5.74, 6) is 0.0619. The van der Waals surface area contributed by atoms with Gasteiger partial charge in [-0.25, -0.2) is 0 Å². The van der Waals surface area contributed by atoms with E-state index in [9.17, 15) is 4.79 Å². The highest BCUT2D eigenvalue weighted by Crippen LogP contribution is 1.97. The van der Waals surface area contributed by atoms with Crippen LogP contribution in [0.2, 0.25) is 0 Å². The van der Waals surface area contributed by atoms with Gasteiger partial charge in [-0.05, 0) is 12.0 Å². The van der Waals surface area contributed by atoms with E-state index in [4.69, 9.17) is 5.73 Å². The van der Waals surface area contributed by atoms with E-state index in [1.807, 2.05) is 26.1 Å². The maximum atomic E-state index is 11.4. The van der Waals surface area contributed by atoms with Gasteiger partial charge in [-0.2, -0.15) is 5.10 Å². The number of amides is 1. The molecule has 16 heavy (non-hydrogen) atoms. The van der Waals surface area contributed by atoms with Crippen LogP contribution >= 0.6 is 12.4 Å². The number of nitrogens with two attached hydrogens (primary N) is 1. The highest BCUT2D eigenvalue weighted by atomic mass is 35.5. The summed E-state index contributed by atoms with van der Waals surface area (Å²) in [4.78, 5) is 11.4. The molecule has 0 unspecified atom stereocenters. The zero-order valence-corrected chi connectivity index (χ0v) is 10.4. The fourth-order valence-electron chi connectivity index (χ4n) is 1.15. The lowest BCUT2D eigenvalue weighted by atomic mass is 10.1. The van der Waals surface area contributed by atoms with Crippen LogP contribution in [0.4, 0.5) is 0 Å². The topological polar surface area (TPSA) is 72.9 Å². The Kier molecular flexibility index (Phi) is 6.76. The van der Waals surface area contributed by atoms with Gasteiger partial charge in [-0.15, -0.1) is 12.4 Å². The molecule has 0 fully saturated rings. The monoisotopic (exact) mass is 246 g/mol. The van der Waals surface area contributed by atoms with E-state index < -0.39 is 6.04 Å². The van der Waals surface area contributed by atoms with Crippen LogP contribution in [0.5, 0.6) is 0 Å². The first-order valence-corrected chi connectivity index (χ1v) is 5.12. The number of nitrogens with zero attached hydrogens (tertiary/aromatic N) is 2. The standard InChI is InChI=1S/C10H18N4O.ClH/c1-8(2)9(11)10(15)12-5-7-14-6-3-4-13-14;/h3-4,6,8-9H,5,7,11H2,1-2H3,(H,12,15);1H/t9-;/m1./s1. The molecular formula is C10H19ClN4O. The van der Waals surface area contributed by atoms with Crippen LogP contribution in [-0.2, 0) is 11.3 Å². The largest absolute Gasteiger partial charge is 0.353 e. The predicted octanol–water partition coefficient (Wildman–Crippen LogP) is 0.404. The summed E-state index contributed by atoms with van der Waals surface area (Å²) in [7, 11) is 0. The molecule has 1 rings (SSSR count). The minimum Gasteiger partial charge on any atom is -0.353 e. The second-order valence-corrected chi connectivity index (χ2v) is 3.83. The number of rotatable bonds is 5. The fourth-order valence-corrected chi connectivity index (χ4v) is 1.15. The summed E-state index contributed by atoms with van der Waals surface area (Å²) in [6.07, 6.45) is 3.57. The molecular weight excluding hydrogens is 228 g/mol. The minimum atomic E-state index is -0.428. The van der Waals surface area contributed by atoms with E-state index in [1.54, 1.807) is 10.9 Å². The summed E-state index contributed by atoms with van der Waals surface area (Å²) in [6, 6.07) is 1.42. The van der Waals surface area contributed by atoms with Crippen LogP contribution in [0.3, 0.4) is 0 Å². The van der Waals surface area contributed by atoms with Gasteiger partial charge in [-0.3, -0.25) is 9.48 Å². The van der Waals surface area contributed by atoms with Gasteiger partial charge >= 0.3 is 0 Å². The smallest absolute Gasteiger partial charge is 0.237 e. The molecule has 0 spiro atoms. The van der Waals surface area contributed by atoms with Crippen molar-refractivity contribution >= 4 is 18.3 Å². The fraction of sp³-hybridized carbons (Fsp3) is 0.600. The van der Waals surface area contributed by atoms with E-state index in [-0.39, 0.29) is 24.2 Å². The van der Waals surface area contributed by atoms with Crippen molar-refractivity contribution in [3.63, 3.8) is 0 Å². The van der Waals surface area contributed by atoms with Crippen molar-refractivity contribution in [2.45, 2.75) is 26.4 Å². The zero-order valence-electron chi connectivity index (χ0n) is 9.59. The van der Waals surface area contributed by atoms with Crippen molar-refractivity contribution < 1.29 is 4.79 Å². The van der Waals surface area contributed by atoms with Gasteiger partial charge in [0.2, 0.25) is 5.91 Å². The average Bonchev–Trinajstić information content (AvgIpc) is 2.69. The van der Waals surface area contributed by atoms with Crippen molar-refractivity contribution in [1.29, 1.82) is 0 Å². The summed E-state index contributed by atoms with van der Waals surface area (Å²) in [5.41, 5.74) is 5.68.